The quantitative estimate of drug-likeness (QED) is 0.850. The number of carboxylic acids is 1. The molecular formula is C14H19NO4. The maximum atomic E-state index is 12.2. The molecule has 1 atom stereocenters. The number of carbonyl (C=O) groups is 2. The van der Waals surface area contributed by atoms with Gasteiger partial charge in [-0.25, -0.2) is 0 Å². The van der Waals surface area contributed by atoms with Crippen molar-refractivity contribution >= 4 is 11.9 Å². The van der Waals surface area contributed by atoms with Gasteiger partial charge in [0, 0.05) is 26.1 Å². The smallest absolute Gasteiger partial charge is 0.303 e. The zero-order chi connectivity index (χ0) is 14.4. The van der Waals surface area contributed by atoms with Gasteiger partial charge in [-0.3, -0.25) is 9.59 Å². The lowest BCUT2D eigenvalue weighted by Gasteiger charge is -2.22. The van der Waals surface area contributed by atoms with E-state index in [9.17, 15) is 9.59 Å². The molecule has 1 N–H and O–H groups in total. The Balaban J connectivity index is 3.07. The van der Waals surface area contributed by atoms with Crippen LogP contribution in [-0.4, -0.2) is 43.1 Å². The molecule has 0 radical (unpaired) electrons. The van der Waals surface area contributed by atoms with Gasteiger partial charge in [0.1, 0.15) is 5.75 Å². The molecule has 19 heavy (non-hydrogen) atoms. The van der Waals surface area contributed by atoms with Gasteiger partial charge in [-0.2, -0.15) is 0 Å². The Morgan fingerprint density at radius 2 is 1.95 bits per heavy atom. The number of para-hydroxylation sites is 1. The second kappa shape index (κ2) is 6.78. The molecule has 1 unspecified atom stereocenters. The number of rotatable bonds is 6. The van der Waals surface area contributed by atoms with Crippen molar-refractivity contribution in [3.8, 4) is 5.75 Å². The monoisotopic (exact) mass is 265 g/mol. The molecule has 1 aromatic carbocycles. The van der Waals surface area contributed by atoms with E-state index in [-0.39, 0.29) is 18.7 Å². The summed E-state index contributed by atoms with van der Waals surface area (Å²) in [5.74, 6) is -0.924. The van der Waals surface area contributed by atoms with E-state index in [1.165, 1.54) is 12.0 Å². The molecule has 0 fully saturated rings. The summed E-state index contributed by atoms with van der Waals surface area (Å²) in [4.78, 5) is 24.4. The van der Waals surface area contributed by atoms with Crippen LogP contribution in [0, 0.1) is 0 Å². The number of carboxylic acid groups (broad SMARTS) is 1. The molecule has 0 bridgehead atoms. The van der Waals surface area contributed by atoms with Crippen molar-refractivity contribution in [2.75, 3.05) is 21.2 Å². The minimum absolute atomic E-state index is 0.0533. The number of carbonyl (C=O) groups excluding carboxylic acids is 1. The Labute approximate surface area is 112 Å². The number of benzene rings is 1. The zero-order valence-electron chi connectivity index (χ0n) is 11.4. The lowest BCUT2D eigenvalue weighted by Crippen LogP contribution is -2.29. The van der Waals surface area contributed by atoms with Crippen LogP contribution < -0.4 is 4.74 Å². The molecular weight excluding hydrogens is 246 g/mol. The predicted octanol–water partition coefficient (Wildman–Crippen LogP) is 1.73. The molecule has 1 amide bonds. The Kier molecular flexibility index (Phi) is 5.36. The molecule has 0 saturated heterocycles. The van der Waals surface area contributed by atoms with Crippen molar-refractivity contribution in [1.82, 2.24) is 4.90 Å². The number of amides is 1. The number of nitrogens with zero attached hydrogens (tertiary/aromatic N) is 1. The van der Waals surface area contributed by atoms with E-state index < -0.39 is 11.9 Å². The zero-order valence-corrected chi connectivity index (χ0v) is 11.4. The standard InChI is InChI=1S/C14H19NO4/c1-15(2)14(18)11(8-9-13(16)17)10-6-4-5-7-12(10)19-3/h4-7,11H,8-9H2,1-3H3,(H,16,17). The second-order valence-electron chi connectivity index (χ2n) is 4.46. The SMILES string of the molecule is COc1ccccc1C(CCC(=O)O)C(=O)N(C)C. The Morgan fingerprint density at radius 1 is 1.32 bits per heavy atom. The third kappa shape index (κ3) is 3.98. The van der Waals surface area contributed by atoms with Crippen molar-refractivity contribution in [3.05, 3.63) is 29.8 Å². The summed E-state index contributed by atoms with van der Waals surface area (Å²) in [5.41, 5.74) is 0.727. The van der Waals surface area contributed by atoms with Crippen molar-refractivity contribution in [3.63, 3.8) is 0 Å². The first-order chi connectivity index (χ1) is 8.97. The highest BCUT2D eigenvalue weighted by Gasteiger charge is 2.25. The third-order valence-electron chi connectivity index (χ3n) is 2.90. The van der Waals surface area contributed by atoms with Crippen LogP contribution in [0.3, 0.4) is 0 Å². The van der Waals surface area contributed by atoms with Gasteiger partial charge in [-0.15, -0.1) is 0 Å². The van der Waals surface area contributed by atoms with Crippen LogP contribution in [0.15, 0.2) is 24.3 Å². The van der Waals surface area contributed by atoms with Crippen molar-refractivity contribution in [2.24, 2.45) is 0 Å². The van der Waals surface area contributed by atoms with Gasteiger partial charge < -0.3 is 14.7 Å². The molecule has 0 aliphatic rings. The number of methoxy groups -OCH3 is 1. The second-order valence-corrected chi connectivity index (χ2v) is 4.46. The van der Waals surface area contributed by atoms with Gasteiger partial charge in [-0.1, -0.05) is 18.2 Å². The number of aliphatic carboxylic acids is 1. The topological polar surface area (TPSA) is 66.8 Å². The lowest BCUT2D eigenvalue weighted by molar-refractivity contribution is -0.137. The maximum absolute atomic E-state index is 12.2. The van der Waals surface area contributed by atoms with E-state index in [4.69, 9.17) is 9.84 Å². The number of hydrogen-bond acceptors (Lipinski definition) is 3. The largest absolute Gasteiger partial charge is 0.496 e. The molecule has 0 aliphatic heterocycles. The van der Waals surface area contributed by atoms with Crippen LogP contribution in [0.5, 0.6) is 5.75 Å². The summed E-state index contributed by atoms with van der Waals surface area (Å²) in [6.45, 7) is 0. The fraction of sp³-hybridized carbons (Fsp3) is 0.429. The van der Waals surface area contributed by atoms with E-state index in [2.05, 4.69) is 0 Å². The fourth-order valence-corrected chi connectivity index (χ4v) is 1.95. The van der Waals surface area contributed by atoms with Crippen molar-refractivity contribution in [2.45, 2.75) is 18.8 Å². The Morgan fingerprint density at radius 3 is 2.47 bits per heavy atom. The molecule has 5 nitrogen and oxygen atoms in total. The third-order valence-corrected chi connectivity index (χ3v) is 2.90. The van der Waals surface area contributed by atoms with Gasteiger partial charge in [0.25, 0.3) is 0 Å². The first-order valence-electron chi connectivity index (χ1n) is 6.03. The van der Waals surface area contributed by atoms with Crippen molar-refractivity contribution < 1.29 is 19.4 Å². The van der Waals surface area contributed by atoms with Gasteiger partial charge in [0.15, 0.2) is 0 Å². The first kappa shape index (κ1) is 15.0. The highest BCUT2D eigenvalue weighted by Crippen LogP contribution is 2.30. The van der Waals surface area contributed by atoms with E-state index in [1.54, 1.807) is 26.2 Å². The molecule has 1 rings (SSSR count). The summed E-state index contributed by atoms with van der Waals surface area (Å²) >= 11 is 0. The first-order valence-corrected chi connectivity index (χ1v) is 6.03. The molecule has 0 spiro atoms. The Hall–Kier alpha value is -2.04. The molecule has 5 heteroatoms. The fourth-order valence-electron chi connectivity index (χ4n) is 1.95. The van der Waals surface area contributed by atoms with Gasteiger partial charge in [0.05, 0.1) is 13.0 Å². The summed E-state index contributed by atoms with van der Waals surface area (Å²) in [5, 5.41) is 8.80. The molecule has 104 valence electrons. The van der Waals surface area contributed by atoms with E-state index in [0.29, 0.717) is 5.75 Å². The molecule has 0 aromatic heterocycles. The highest BCUT2D eigenvalue weighted by atomic mass is 16.5. The average Bonchev–Trinajstić information content (AvgIpc) is 2.38. The Bertz CT molecular complexity index is 457. The molecule has 1 aromatic rings. The minimum atomic E-state index is -0.911. The van der Waals surface area contributed by atoms with Gasteiger partial charge in [0.2, 0.25) is 5.91 Å². The van der Waals surface area contributed by atoms with Crippen LogP contribution >= 0.6 is 0 Å². The van der Waals surface area contributed by atoms with Crippen LogP contribution in [0.2, 0.25) is 0 Å². The normalized spacial score (nSPS) is 11.7. The highest BCUT2D eigenvalue weighted by molar-refractivity contribution is 5.84. The number of ether oxygens (including phenoxy) is 1. The van der Waals surface area contributed by atoms with E-state index in [0.717, 1.165) is 5.56 Å². The average molecular weight is 265 g/mol. The molecule has 0 heterocycles. The summed E-state index contributed by atoms with van der Waals surface area (Å²) in [6, 6.07) is 7.20. The minimum Gasteiger partial charge on any atom is -0.496 e. The van der Waals surface area contributed by atoms with Crippen LogP contribution in [-0.2, 0) is 9.59 Å². The number of hydrogen-bond donors (Lipinski definition) is 1. The number of likely N-dealkylation sites (N-methyl/N-ethyl adjacent to an activating group) is 1. The van der Waals surface area contributed by atoms with E-state index in [1.807, 2.05) is 12.1 Å². The van der Waals surface area contributed by atoms with Gasteiger partial charge in [-0.05, 0) is 12.5 Å². The summed E-state index contributed by atoms with van der Waals surface area (Å²) in [7, 11) is 4.85. The lowest BCUT2D eigenvalue weighted by atomic mass is 9.92. The van der Waals surface area contributed by atoms with Crippen LogP contribution in [0.4, 0.5) is 0 Å². The molecule has 0 saturated carbocycles. The molecule has 0 aliphatic carbocycles. The van der Waals surface area contributed by atoms with Gasteiger partial charge >= 0.3 is 5.97 Å². The van der Waals surface area contributed by atoms with Crippen LogP contribution in [0.25, 0.3) is 0 Å². The summed E-state index contributed by atoms with van der Waals surface area (Å²) < 4.78 is 5.24. The van der Waals surface area contributed by atoms with E-state index >= 15 is 0 Å². The maximum Gasteiger partial charge on any atom is 0.303 e. The van der Waals surface area contributed by atoms with Crippen molar-refractivity contribution in [1.29, 1.82) is 0 Å². The van der Waals surface area contributed by atoms with Crippen LogP contribution in [0.1, 0.15) is 24.3 Å². The summed E-state index contributed by atoms with van der Waals surface area (Å²) in [6.07, 6.45) is 0.203. The predicted molar refractivity (Wildman–Crippen MR) is 71.3 cm³/mol.